The highest BCUT2D eigenvalue weighted by Gasteiger charge is 2.13. The number of benzene rings is 3. The summed E-state index contributed by atoms with van der Waals surface area (Å²) in [5, 5.41) is 8.10. The third-order valence-corrected chi connectivity index (χ3v) is 4.60. The molecule has 0 spiro atoms. The van der Waals surface area contributed by atoms with Gasteiger partial charge >= 0.3 is 0 Å². The highest BCUT2D eigenvalue weighted by Crippen LogP contribution is 2.31. The monoisotopic (exact) mass is 362 g/mol. The Bertz CT molecular complexity index is 952. The van der Waals surface area contributed by atoms with E-state index in [-0.39, 0.29) is 0 Å². The van der Waals surface area contributed by atoms with Gasteiger partial charge in [0.15, 0.2) is 0 Å². The van der Waals surface area contributed by atoms with Crippen LogP contribution in [-0.4, -0.2) is 9.78 Å². The Hall–Kier alpha value is -2.39. The standard InChI is InChI=1S/C20H15BrN2/c21-13-16-14-23(17-9-2-1-3-10-17)22-20(16)19-12-6-8-15-7-4-5-11-18(15)19/h1-12,14H,13H2. The first kappa shape index (κ1) is 14.2. The van der Waals surface area contributed by atoms with Gasteiger partial charge in [-0.3, -0.25) is 0 Å². The maximum atomic E-state index is 4.86. The van der Waals surface area contributed by atoms with Crippen LogP contribution in [0.3, 0.4) is 0 Å². The topological polar surface area (TPSA) is 17.8 Å². The van der Waals surface area contributed by atoms with Crippen LogP contribution in [0.1, 0.15) is 5.56 Å². The molecule has 3 aromatic carbocycles. The van der Waals surface area contributed by atoms with Crippen LogP contribution in [0.15, 0.2) is 79.0 Å². The molecule has 0 saturated carbocycles. The van der Waals surface area contributed by atoms with Gasteiger partial charge in [0.1, 0.15) is 0 Å². The molecule has 1 heterocycles. The second-order valence-electron chi connectivity index (χ2n) is 5.44. The molecule has 0 unspecified atom stereocenters. The Labute approximate surface area is 143 Å². The fraction of sp³-hybridized carbons (Fsp3) is 0.0500. The number of hydrogen-bond acceptors (Lipinski definition) is 1. The van der Waals surface area contributed by atoms with Gasteiger partial charge in [0.05, 0.1) is 11.4 Å². The van der Waals surface area contributed by atoms with Crippen LogP contribution in [0.25, 0.3) is 27.7 Å². The van der Waals surface area contributed by atoms with Gasteiger partial charge in [-0.25, -0.2) is 4.68 Å². The smallest absolute Gasteiger partial charge is 0.0974 e. The quantitative estimate of drug-likeness (QED) is 0.434. The average molecular weight is 363 g/mol. The van der Waals surface area contributed by atoms with Crippen LogP contribution < -0.4 is 0 Å². The Kier molecular flexibility index (Phi) is 3.72. The first-order valence-corrected chi connectivity index (χ1v) is 8.67. The number of para-hydroxylation sites is 1. The van der Waals surface area contributed by atoms with E-state index in [0.29, 0.717) is 0 Å². The van der Waals surface area contributed by atoms with Crippen LogP contribution in [-0.2, 0) is 5.33 Å². The predicted octanol–water partition coefficient (Wildman–Crippen LogP) is 5.59. The summed E-state index contributed by atoms with van der Waals surface area (Å²) < 4.78 is 1.95. The Morgan fingerprint density at radius 2 is 1.57 bits per heavy atom. The van der Waals surface area contributed by atoms with Gasteiger partial charge in [0.2, 0.25) is 0 Å². The molecule has 4 aromatic rings. The van der Waals surface area contributed by atoms with Crippen molar-refractivity contribution in [1.82, 2.24) is 9.78 Å². The van der Waals surface area contributed by atoms with Crippen molar-refractivity contribution in [3.63, 3.8) is 0 Å². The molecule has 3 heteroatoms. The largest absolute Gasteiger partial charge is 0.240 e. The molecule has 23 heavy (non-hydrogen) atoms. The van der Waals surface area contributed by atoms with E-state index in [1.807, 2.05) is 22.9 Å². The van der Waals surface area contributed by atoms with Crippen molar-refractivity contribution in [2.75, 3.05) is 0 Å². The van der Waals surface area contributed by atoms with Crippen molar-refractivity contribution in [2.24, 2.45) is 0 Å². The Balaban J connectivity index is 1.93. The van der Waals surface area contributed by atoms with Crippen molar-refractivity contribution in [3.8, 4) is 16.9 Å². The molecule has 0 bridgehead atoms. The van der Waals surface area contributed by atoms with E-state index >= 15 is 0 Å². The van der Waals surface area contributed by atoms with E-state index in [9.17, 15) is 0 Å². The van der Waals surface area contributed by atoms with Crippen LogP contribution in [0.4, 0.5) is 0 Å². The lowest BCUT2D eigenvalue weighted by Gasteiger charge is -2.05. The number of aromatic nitrogens is 2. The first-order valence-electron chi connectivity index (χ1n) is 7.55. The van der Waals surface area contributed by atoms with Gasteiger partial charge < -0.3 is 0 Å². The SMILES string of the molecule is BrCc1cn(-c2ccccc2)nc1-c1cccc2ccccc12. The lowest BCUT2D eigenvalue weighted by Crippen LogP contribution is -1.94. The molecule has 0 radical (unpaired) electrons. The summed E-state index contributed by atoms with van der Waals surface area (Å²) in [6.07, 6.45) is 2.10. The number of rotatable bonds is 3. The molecular formula is C20H15BrN2. The number of halogens is 1. The van der Waals surface area contributed by atoms with Gasteiger partial charge in [-0.1, -0.05) is 76.6 Å². The van der Waals surface area contributed by atoms with Crippen molar-refractivity contribution in [2.45, 2.75) is 5.33 Å². The third kappa shape index (κ3) is 2.57. The summed E-state index contributed by atoms with van der Waals surface area (Å²) in [6, 6.07) is 25.0. The first-order chi connectivity index (χ1) is 11.4. The zero-order valence-corrected chi connectivity index (χ0v) is 14.1. The average Bonchev–Trinajstić information content (AvgIpc) is 3.06. The van der Waals surface area contributed by atoms with E-state index in [2.05, 4.69) is 76.7 Å². The van der Waals surface area contributed by atoms with E-state index in [4.69, 9.17) is 5.10 Å². The molecule has 1 aromatic heterocycles. The summed E-state index contributed by atoms with van der Waals surface area (Å²) in [5.41, 5.74) is 4.46. The Morgan fingerprint density at radius 3 is 2.39 bits per heavy atom. The molecule has 112 valence electrons. The Morgan fingerprint density at radius 1 is 0.826 bits per heavy atom. The fourth-order valence-corrected chi connectivity index (χ4v) is 3.29. The predicted molar refractivity (Wildman–Crippen MR) is 99.1 cm³/mol. The minimum Gasteiger partial charge on any atom is -0.240 e. The van der Waals surface area contributed by atoms with Gasteiger partial charge in [-0.15, -0.1) is 0 Å². The van der Waals surface area contributed by atoms with Crippen molar-refractivity contribution in [1.29, 1.82) is 0 Å². The molecule has 0 fully saturated rings. The van der Waals surface area contributed by atoms with Crippen LogP contribution in [0, 0.1) is 0 Å². The molecule has 0 N–H and O–H groups in total. The maximum Gasteiger partial charge on any atom is 0.0974 e. The van der Waals surface area contributed by atoms with Gasteiger partial charge in [0.25, 0.3) is 0 Å². The second-order valence-corrected chi connectivity index (χ2v) is 6.00. The third-order valence-electron chi connectivity index (χ3n) is 4.00. The molecule has 0 saturated heterocycles. The van der Waals surface area contributed by atoms with Crippen molar-refractivity contribution < 1.29 is 0 Å². The van der Waals surface area contributed by atoms with Gasteiger partial charge in [-0.2, -0.15) is 5.10 Å². The zero-order chi connectivity index (χ0) is 15.6. The molecule has 0 aliphatic heterocycles. The lowest BCUT2D eigenvalue weighted by atomic mass is 10.0. The normalized spacial score (nSPS) is 11.0. The van der Waals surface area contributed by atoms with E-state index in [1.54, 1.807) is 0 Å². The number of alkyl halides is 1. The number of nitrogens with zero attached hydrogens (tertiary/aromatic N) is 2. The van der Waals surface area contributed by atoms with E-state index in [0.717, 1.165) is 16.7 Å². The summed E-state index contributed by atoms with van der Waals surface area (Å²) >= 11 is 3.60. The molecule has 0 aliphatic rings. The highest BCUT2D eigenvalue weighted by atomic mass is 79.9. The van der Waals surface area contributed by atoms with Gasteiger partial charge in [0, 0.05) is 22.7 Å². The molecule has 4 rings (SSSR count). The van der Waals surface area contributed by atoms with E-state index in [1.165, 1.54) is 21.9 Å². The van der Waals surface area contributed by atoms with Crippen molar-refractivity contribution >= 4 is 26.7 Å². The maximum absolute atomic E-state index is 4.86. The molecule has 0 amide bonds. The summed E-state index contributed by atoms with van der Waals surface area (Å²) in [4.78, 5) is 0. The van der Waals surface area contributed by atoms with Crippen LogP contribution >= 0.6 is 15.9 Å². The minimum absolute atomic E-state index is 0.776. The summed E-state index contributed by atoms with van der Waals surface area (Å²) in [5.74, 6) is 0. The van der Waals surface area contributed by atoms with Gasteiger partial charge in [-0.05, 0) is 22.9 Å². The highest BCUT2D eigenvalue weighted by molar-refractivity contribution is 9.08. The molecule has 0 atom stereocenters. The summed E-state index contributed by atoms with van der Waals surface area (Å²) in [7, 11) is 0. The van der Waals surface area contributed by atoms with Crippen LogP contribution in [0.2, 0.25) is 0 Å². The zero-order valence-electron chi connectivity index (χ0n) is 12.5. The summed E-state index contributed by atoms with van der Waals surface area (Å²) in [6.45, 7) is 0. The van der Waals surface area contributed by atoms with Crippen molar-refractivity contribution in [3.05, 3.63) is 84.6 Å². The molecule has 0 aliphatic carbocycles. The van der Waals surface area contributed by atoms with E-state index < -0.39 is 0 Å². The fourth-order valence-electron chi connectivity index (χ4n) is 2.88. The number of hydrogen-bond donors (Lipinski definition) is 0. The second kappa shape index (κ2) is 6.01. The lowest BCUT2D eigenvalue weighted by molar-refractivity contribution is 0.884. The number of fused-ring (bicyclic) bond motifs is 1. The molecule has 2 nitrogen and oxygen atoms in total. The molecular weight excluding hydrogens is 348 g/mol. The minimum atomic E-state index is 0.776. The van der Waals surface area contributed by atoms with Crippen LogP contribution in [0.5, 0.6) is 0 Å².